The minimum atomic E-state index is -0.389. The molecule has 2 aromatic carbocycles. The highest BCUT2D eigenvalue weighted by Gasteiger charge is 2.30. The van der Waals surface area contributed by atoms with E-state index in [9.17, 15) is 4.79 Å². The predicted molar refractivity (Wildman–Crippen MR) is 115 cm³/mol. The molecule has 2 N–H and O–H groups in total. The van der Waals surface area contributed by atoms with Crippen LogP contribution in [0.2, 0.25) is 0 Å². The number of hydrogen-bond donors (Lipinski definition) is 2. The molecule has 4 rings (SSSR count). The fourth-order valence-corrected chi connectivity index (χ4v) is 4.20. The second-order valence-corrected chi connectivity index (χ2v) is 8.32. The van der Waals surface area contributed by atoms with E-state index in [1.807, 2.05) is 30.3 Å². The van der Waals surface area contributed by atoms with Crippen molar-refractivity contribution in [3.8, 4) is 0 Å². The zero-order valence-electron chi connectivity index (χ0n) is 16.1. The minimum Gasteiger partial charge on any atom is -0.352 e. The van der Waals surface area contributed by atoms with Crippen molar-refractivity contribution in [3.05, 3.63) is 93.7 Å². The lowest BCUT2D eigenvalue weighted by Gasteiger charge is -2.26. The first kappa shape index (κ1) is 18.9. The molecule has 1 saturated carbocycles. The van der Waals surface area contributed by atoms with Crippen LogP contribution in [-0.2, 0) is 11.2 Å². The molecule has 2 atom stereocenters. The lowest BCUT2D eigenvalue weighted by Crippen LogP contribution is -2.40. The van der Waals surface area contributed by atoms with Crippen molar-refractivity contribution in [1.29, 1.82) is 0 Å². The molecule has 1 aromatic heterocycles. The molecule has 0 aliphatic heterocycles. The van der Waals surface area contributed by atoms with Crippen LogP contribution < -0.4 is 10.6 Å². The number of carbonyl (C=O) groups is 1. The summed E-state index contributed by atoms with van der Waals surface area (Å²) in [6, 6.07) is 22.9. The van der Waals surface area contributed by atoms with E-state index in [1.165, 1.54) is 16.0 Å². The number of amides is 1. The molecular weight excluding hydrogens is 364 g/mol. The normalized spacial score (nSPS) is 15.8. The molecule has 1 fully saturated rings. The van der Waals surface area contributed by atoms with Gasteiger partial charge in [0, 0.05) is 10.9 Å². The second kappa shape index (κ2) is 8.72. The highest BCUT2D eigenvalue weighted by atomic mass is 32.1. The van der Waals surface area contributed by atoms with Gasteiger partial charge in [0.05, 0.1) is 6.04 Å². The Kier molecular flexibility index (Phi) is 5.89. The topological polar surface area (TPSA) is 41.1 Å². The van der Waals surface area contributed by atoms with Gasteiger partial charge in [-0.3, -0.25) is 10.1 Å². The van der Waals surface area contributed by atoms with Crippen molar-refractivity contribution in [1.82, 2.24) is 10.6 Å². The summed E-state index contributed by atoms with van der Waals surface area (Å²) in [5.41, 5.74) is 3.49. The van der Waals surface area contributed by atoms with E-state index in [2.05, 4.69) is 59.3 Å². The summed E-state index contributed by atoms with van der Waals surface area (Å²) in [4.78, 5) is 14.3. The first-order chi connectivity index (χ1) is 13.7. The van der Waals surface area contributed by atoms with Crippen LogP contribution in [0.1, 0.15) is 53.4 Å². The monoisotopic (exact) mass is 390 g/mol. The van der Waals surface area contributed by atoms with Crippen LogP contribution in [0.5, 0.6) is 0 Å². The van der Waals surface area contributed by atoms with E-state index in [-0.39, 0.29) is 18.0 Å². The smallest absolute Gasteiger partial charge is 0.241 e. The lowest BCUT2D eigenvalue weighted by molar-refractivity contribution is -0.123. The SMILES string of the molecule is CCc1ccc([C@@H](N[C@@H](C(=O)NC2CC2)c2ccccc2)c2cccs2)cc1. The summed E-state index contributed by atoms with van der Waals surface area (Å²) in [5.74, 6) is 0.0560. The number of benzene rings is 2. The van der Waals surface area contributed by atoms with Gasteiger partial charge < -0.3 is 5.32 Å². The van der Waals surface area contributed by atoms with Crippen molar-refractivity contribution in [2.45, 2.75) is 44.3 Å². The Balaban J connectivity index is 1.66. The van der Waals surface area contributed by atoms with Crippen molar-refractivity contribution < 1.29 is 4.79 Å². The molecule has 1 heterocycles. The average molecular weight is 391 g/mol. The Morgan fingerprint density at radius 2 is 1.75 bits per heavy atom. The molecule has 0 bridgehead atoms. The predicted octanol–water partition coefficient (Wildman–Crippen LogP) is 5.01. The molecule has 0 unspecified atom stereocenters. The molecule has 144 valence electrons. The standard InChI is InChI=1S/C24H26N2OS/c1-2-17-10-12-19(13-11-17)22(21-9-6-16-28-21)26-23(18-7-4-3-5-8-18)24(27)25-20-14-15-20/h3-13,16,20,22-23,26H,2,14-15H2,1H3,(H,25,27)/t22-,23-/m1/s1. The third-order valence-electron chi connectivity index (χ3n) is 5.20. The lowest BCUT2D eigenvalue weighted by atomic mass is 9.99. The van der Waals surface area contributed by atoms with Gasteiger partial charge in [-0.25, -0.2) is 0 Å². The van der Waals surface area contributed by atoms with Gasteiger partial charge in [0.15, 0.2) is 0 Å². The van der Waals surface area contributed by atoms with Crippen LogP contribution in [0.4, 0.5) is 0 Å². The molecule has 3 aromatic rings. The highest BCUT2D eigenvalue weighted by Crippen LogP contribution is 2.30. The van der Waals surface area contributed by atoms with Crippen molar-refractivity contribution >= 4 is 17.2 Å². The molecule has 1 amide bonds. The molecule has 4 heteroatoms. The maximum absolute atomic E-state index is 13.1. The maximum Gasteiger partial charge on any atom is 0.241 e. The van der Waals surface area contributed by atoms with Crippen molar-refractivity contribution in [3.63, 3.8) is 0 Å². The summed E-state index contributed by atoms with van der Waals surface area (Å²) in [7, 11) is 0. The van der Waals surface area contributed by atoms with Gasteiger partial charge >= 0.3 is 0 Å². The second-order valence-electron chi connectivity index (χ2n) is 7.34. The van der Waals surface area contributed by atoms with Crippen molar-refractivity contribution in [2.24, 2.45) is 0 Å². The Morgan fingerprint density at radius 3 is 2.36 bits per heavy atom. The van der Waals surface area contributed by atoms with Crippen LogP contribution in [0.25, 0.3) is 0 Å². The van der Waals surface area contributed by atoms with Gasteiger partial charge in [-0.2, -0.15) is 0 Å². The Bertz CT molecular complexity index is 886. The molecule has 3 nitrogen and oxygen atoms in total. The van der Waals surface area contributed by atoms with E-state index >= 15 is 0 Å². The zero-order valence-corrected chi connectivity index (χ0v) is 16.9. The first-order valence-electron chi connectivity index (χ1n) is 9.98. The van der Waals surface area contributed by atoms with E-state index in [0.29, 0.717) is 6.04 Å². The minimum absolute atomic E-state index is 0.0268. The first-order valence-corrected chi connectivity index (χ1v) is 10.9. The Hall–Kier alpha value is -2.43. The van der Waals surface area contributed by atoms with Gasteiger partial charge in [-0.1, -0.05) is 67.6 Å². The fraction of sp³-hybridized carbons (Fsp3) is 0.292. The molecule has 0 radical (unpaired) electrons. The molecule has 0 saturated heterocycles. The van der Waals surface area contributed by atoms with Gasteiger partial charge in [0.25, 0.3) is 0 Å². The zero-order chi connectivity index (χ0) is 19.3. The van der Waals surface area contributed by atoms with Crippen molar-refractivity contribution in [2.75, 3.05) is 0 Å². The van der Waals surface area contributed by atoms with E-state index in [4.69, 9.17) is 0 Å². The largest absolute Gasteiger partial charge is 0.352 e. The number of carbonyl (C=O) groups excluding carboxylic acids is 1. The summed E-state index contributed by atoms with van der Waals surface area (Å²) >= 11 is 1.72. The number of nitrogens with one attached hydrogen (secondary N) is 2. The average Bonchev–Trinajstić information content (AvgIpc) is 3.38. The Morgan fingerprint density at radius 1 is 1.00 bits per heavy atom. The number of hydrogen-bond acceptors (Lipinski definition) is 3. The number of aryl methyl sites for hydroxylation is 1. The molecule has 1 aliphatic rings. The summed E-state index contributed by atoms with van der Waals surface area (Å²) in [6.07, 6.45) is 3.19. The van der Waals surface area contributed by atoms with Gasteiger partial charge in [0.1, 0.15) is 6.04 Å². The van der Waals surface area contributed by atoms with Crippen LogP contribution in [0, 0.1) is 0 Å². The Labute approximate surface area is 170 Å². The third-order valence-corrected chi connectivity index (χ3v) is 6.14. The van der Waals surface area contributed by atoms with Crippen LogP contribution >= 0.6 is 11.3 Å². The molecule has 28 heavy (non-hydrogen) atoms. The number of thiophene rings is 1. The van der Waals surface area contributed by atoms with Gasteiger partial charge in [0.2, 0.25) is 5.91 Å². The van der Waals surface area contributed by atoms with Gasteiger partial charge in [-0.05, 0) is 47.4 Å². The molecular formula is C24H26N2OS. The highest BCUT2D eigenvalue weighted by molar-refractivity contribution is 7.10. The summed E-state index contributed by atoms with van der Waals surface area (Å²) < 4.78 is 0. The maximum atomic E-state index is 13.1. The van der Waals surface area contributed by atoms with Crippen LogP contribution in [0.3, 0.4) is 0 Å². The van der Waals surface area contributed by atoms with Crippen LogP contribution in [-0.4, -0.2) is 11.9 Å². The summed E-state index contributed by atoms with van der Waals surface area (Å²) in [6.45, 7) is 2.16. The van der Waals surface area contributed by atoms with E-state index in [1.54, 1.807) is 11.3 Å². The van der Waals surface area contributed by atoms with E-state index < -0.39 is 0 Å². The fourth-order valence-electron chi connectivity index (χ4n) is 3.39. The number of rotatable bonds is 8. The molecule has 1 aliphatic carbocycles. The van der Waals surface area contributed by atoms with Gasteiger partial charge in [-0.15, -0.1) is 11.3 Å². The molecule has 0 spiro atoms. The summed E-state index contributed by atoms with van der Waals surface area (Å²) in [5, 5.41) is 8.92. The van der Waals surface area contributed by atoms with Crippen LogP contribution in [0.15, 0.2) is 72.1 Å². The quantitative estimate of drug-likeness (QED) is 0.568. The van der Waals surface area contributed by atoms with E-state index in [0.717, 1.165) is 24.8 Å². The third kappa shape index (κ3) is 4.51.